The molecule has 1 saturated heterocycles. The van der Waals surface area contributed by atoms with Crippen LogP contribution in [0.2, 0.25) is 0 Å². The van der Waals surface area contributed by atoms with Crippen molar-refractivity contribution in [2.24, 2.45) is 11.8 Å². The fourth-order valence-electron chi connectivity index (χ4n) is 4.88. The molecule has 1 aliphatic carbocycles. The van der Waals surface area contributed by atoms with Crippen molar-refractivity contribution < 1.29 is 14.6 Å². The first-order chi connectivity index (χ1) is 13.0. The van der Waals surface area contributed by atoms with E-state index in [2.05, 4.69) is 17.0 Å². The fourth-order valence-corrected chi connectivity index (χ4v) is 4.88. The molecule has 4 nitrogen and oxygen atoms in total. The Morgan fingerprint density at radius 2 is 1.70 bits per heavy atom. The molecule has 1 N–H and O–H groups in total. The molecule has 0 spiro atoms. The summed E-state index contributed by atoms with van der Waals surface area (Å²) in [5.41, 5.74) is 1.34. The molecule has 2 fully saturated rings. The maximum atomic E-state index is 12.6. The number of fused-ring (bicyclic) bond motifs is 1. The van der Waals surface area contributed by atoms with E-state index in [1.165, 1.54) is 5.56 Å². The third-order valence-corrected chi connectivity index (χ3v) is 6.09. The van der Waals surface area contributed by atoms with Gasteiger partial charge in [-0.15, -0.1) is 0 Å². The Labute approximate surface area is 160 Å². The monoisotopic (exact) mass is 365 g/mol. The van der Waals surface area contributed by atoms with E-state index < -0.39 is 5.60 Å². The number of rotatable bonds is 6. The molecule has 1 unspecified atom stereocenters. The van der Waals surface area contributed by atoms with Gasteiger partial charge in [-0.2, -0.15) is 0 Å². The predicted octanol–water partition coefficient (Wildman–Crippen LogP) is 3.19. The number of Topliss-reactive ketones (excluding diaryl/α,β-unsaturated/α-hetero) is 1. The number of hydrogen-bond donors (Lipinski definition) is 1. The molecule has 2 aromatic carbocycles. The summed E-state index contributed by atoms with van der Waals surface area (Å²) in [7, 11) is 1.62. The summed E-state index contributed by atoms with van der Waals surface area (Å²) in [6, 6.07) is 17.6. The van der Waals surface area contributed by atoms with E-state index in [0.717, 1.165) is 43.7 Å². The van der Waals surface area contributed by atoms with Crippen molar-refractivity contribution in [2.75, 3.05) is 26.7 Å². The molecule has 2 aliphatic rings. The second kappa shape index (κ2) is 7.45. The van der Waals surface area contributed by atoms with Crippen molar-refractivity contribution in [1.82, 2.24) is 4.90 Å². The number of carbonyl (C=O) groups excluding carboxylic acids is 1. The Hall–Kier alpha value is -2.17. The van der Waals surface area contributed by atoms with Crippen LogP contribution >= 0.6 is 0 Å². The summed E-state index contributed by atoms with van der Waals surface area (Å²) in [6.07, 6.45) is 2.39. The van der Waals surface area contributed by atoms with Crippen molar-refractivity contribution in [3.63, 3.8) is 0 Å². The number of methoxy groups -OCH3 is 1. The first kappa shape index (κ1) is 18.2. The fraction of sp³-hybridized carbons (Fsp3) is 0.435. The molecule has 0 bridgehead atoms. The van der Waals surface area contributed by atoms with Crippen LogP contribution in [0.15, 0.2) is 54.6 Å². The van der Waals surface area contributed by atoms with Gasteiger partial charge in [0.25, 0.3) is 0 Å². The average molecular weight is 365 g/mol. The Bertz CT molecular complexity index is 773. The molecule has 0 amide bonds. The number of ketones is 1. The molecular formula is C23H27NO3. The number of benzene rings is 2. The summed E-state index contributed by atoms with van der Waals surface area (Å²) >= 11 is 0. The highest BCUT2D eigenvalue weighted by molar-refractivity contribution is 5.97. The number of hydrogen-bond acceptors (Lipinski definition) is 4. The molecule has 4 rings (SSSR count). The first-order valence-corrected chi connectivity index (χ1v) is 9.70. The summed E-state index contributed by atoms with van der Waals surface area (Å²) in [5.74, 6) is 1.89. The minimum Gasteiger partial charge on any atom is -0.497 e. The van der Waals surface area contributed by atoms with Gasteiger partial charge in [-0.3, -0.25) is 9.69 Å². The second-order valence-electron chi connectivity index (χ2n) is 8.16. The zero-order chi connectivity index (χ0) is 18.9. The Balaban J connectivity index is 1.32. The van der Waals surface area contributed by atoms with Crippen molar-refractivity contribution in [1.29, 1.82) is 0 Å². The van der Waals surface area contributed by atoms with Gasteiger partial charge in [0, 0.05) is 25.1 Å². The van der Waals surface area contributed by atoms with Gasteiger partial charge in [0.1, 0.15) is 5.75 Å². The highest BCUT2D eigenvalue weighted by atomic mass is 16.5. The van der Waals surface area contributed by atoms with E-state index in [9.17, 15) is 9.90 Å². The van der Waals surface area contributed by atoms with E-state index in [1.807, 2.05) is 42.5 Å². The molecule has 4 heteroatoms. The number of ether oxygens (including phenoxy) is 1. The van der Waals surface area contributed by atoms with Gasteiger partial charge >= 0.3 is 0 Å². The van der Waals surface area contributed by atoms with Gasteiger partial charge in [0.15, 0.2) is 5.78 Å². The molecule has 142 valence electrons. The van der Waals surface area contributed by atoms with Crippen molar-refractivity contribution in [2.45, 2.75) is 24.9 Å². The van der Waals surface area contributed by atoms with Crippen LogP contribution in [0.25, 0.3) is 0 Å². The molecule has 1 heterocycles. The van der Waals surface area contributed by atoms with E-state index in [4.69, 9.17) is 4.74 Å². The van der Waals surface area contributed by atoms with Crippen LogP contribution in [0.4, 0.5) is 0 Å². The Kier molecular flexibility index (Phi) is 5.02. The van der Waals surface area contributed by atoms with Gasteiger partial charge in [-0.25, -0.2) is 0 Å². The molecule has 3 atom stereocenters. The Morgan fingerprint density at radius 3 is 2.30 bits per heavy atom. The maximum absolute atomic E-state index is 12.6. The SMILES string of the molecule is COc1ccc(C(=O)CN2C[C@@H]3CC(O)(Cc4ccccc4)C[C@@H]3C2)cc1. The molecule has 0 aromatic heterocycles. The van der Waals surface area contributed by atoms with Gasteiger partial charge < -0.3 is 9.84 Å². The zero-order valence-corrected chi connectivity index (χ0v) is 15.8. The van der Waals surface area contributed by atoms with Gasteiger partial charge in [-0.1, -0.05) is 30.3 Å². The van der Waals surface area contributed by atoms with Gasteiger partial charge in [0.2, 0.25) is 0 Å². The maximum Gasteiger partial charge on any atom is 0.176 e. The molecule has 1 saturated carbocycles. The third-order valence-electron chi connectivity index (χ3n) is 6.09. The van der Waals surface area contributed by atoms with Crippen molar-refractivity contribution in [3.05, 3.63) is 65.7 Å². The van der Waals surface area contributed by atoms with Crippen LogP contribution in [-0.4, -0.2) is 48.1 Å². The average Bonchev–Trinajstić information content (AvgIpc) is 3.16. The van der Waals surface area contributed by atoms with Crippen LogP contribution < -0.4 is 4.74 Å². The zero-order valence-electron chi connectivity index (χ0n) is 15.8. The highest BCUT2D eigenvalue weighted by Crippen LogP contribution is 2.45. The largest absolute Gasteiger partial charge is 0.497 e. The lowest BCUT2D eigenvalue weighted by Gasteiger charge is -2.26. The highest BCUT2D eigenvalue weighted by Gasteiger charge is 2.48. The number of likely N-dealkylation sites (tertiary alicyclic amines) is 1. The van der Waals surface area contributed by atoms with E-state index >= 15 is 0 Å². The van der Waals surface area contributed by atoms with Crippen LogP contribution in [0.1, 0.15) is 28.8 Å². The summed E-state index contributed by atoms with van der Waals surface area (Å²) in [6.45, 7) is 2.27. The number of aliphatic hydroxyl groups is 1. The van der Waals surface area contributed by atoms with E-state index in [1.54, 1.807) is 7.11 Å². The lowest BCUT2D eigenvalue weighted by Crippen LogP contribution is -2.34. The molecule has 2 aromatic rings. The lowest BCUT2D eigenvalue weighted by atomic mass is 9.91. The predicted molar refractivity (Wildman–Crippen MR) is 105 cm³/mol. The summed E-state index contributed by atoms with van der Waals surface area (Å²) in [4.78, 5) is 14.8. The van der Waals surface area contributed by atoms with E-state index in [0.29, 0.717) is 18.4 Å². The minimum atomic E-state index is -0.594. The molecule has 0 radical (unpaired) electrons. The van der Waals surface area contributed by atoms with Crippen LogP contribution in [-0.2, 0) is 6.42 Å². The standard InChI is InChI=1S/C23H27NO3/c1-27-21-9-7-18(8-10-21)22(25)16-24-14-19-12-23(26,13-20(19)15-24)11-17-5-3-2-4-6-17/h2-10,19-20,26H,11-16H2,1H3/t19-,20+,23?. The summed E-state index contributed by atoms with van der Waals surface area (Å²) in [5, 5.41) is 11.0. The normalized spacial score (nSPS) is 27.5. The van der Waals surface area contributed by atoms with Gasteiger partial charge in [0.05, 0.1) is 19.3 Å². The van der Waals surface area contributed by atoms with Crippen molar-refractivity contribution >= 4 is 5.78 Å². The minimum absolute atomic E-state index is 0.150. The smallest absolute Gasteiger partial charge is 0.176 e. The van der Waals surface area contributed by atoms with Crippen LogP contribution in [0, 0.1) is 11.8 Å². The van der Waals surface area contributed by atoms with Gasteiger partial charge in [-0.05, 0) is 54.5 Å². The number of carbonyl (C=O) groups is 1. The quantitative estimate of drug-likeness (QED) is 0.799. The van der Waals surface area contributed by atoms with E-state index in [-0.39, 0.29) is 5.78 Å². The second-order valence-corrected chi connectivity index (χ2v) is 8.16. The molecular weight excluding hydrogens is 338 g/mol. The summed E-state index contributed by atoms with van der Waals surface area (Å²) < 4.78 is 5.15. The molecule has 27 heavy (non-hydrogen) atoms. The third kappa shape index (κ3) is 4.07. The Morgan fingerprint density at radius 1 is 1.07 bits per heavy atom. The topological polar surface area (TPSA) is 49.8 Å². The lowest BCUT2D eigenvalue weighted by molar-refractivity contribution is 0.0355. The van der Waals surface area contributed by atoms with Crippen LogP contribution in [0.3, 0.4) is 0 Å². The van der Waals surface area contributed by atoms with Crippen LogP contribution in [0.5, 0.6) is 5.75 Å². The first-order valence-electron chi connectivity index (χ1n) is 9.70. The van der Waals surface area contributed by atoms with Crippen molar-refractivity contribution in [3.8, 4) is 5.75 Å². The molecule has 1 aliphatic heterocycles. The number of nitrogens with zero attached hydrogens (tertiary/aromatic N) is 1.